The van der Waals surface area contributed by atoms with Gasteiger partial charge in [0.05, 0.1) is 11.8 Å². The van der Waals surface area contributed by atoms with E-state index in [4.69, 9.17) is 15.2 Å². The summed E-state index contributed by atoms with van der Waals surface area (Å²) >= 11 is 0. The highest BCUT2D eigenvalue weighted by Crippen LogP contribution is 2.34. The number of fused-ring (bicyclic) bond motifs is 1. The summed E-state index contributed by atoms with van der Waals surface area (Å²) in [5.74, 6) is 0.342. The van der Waals surface area contributed by atoms with Crippen molar-refractivity contribution in [3.05, 3.63) is 24.2 Å². The van der Waals surface area contributed by atoms with Crippen LogP contribution in [0.5, 0.6) is 0 Å². The van der Waals surface area contributed by atoms with E-state index in [1.165, 1.54) is 51.3 Å². The Morgan fingerprint density at radius 2 is 1.87 bits per heavy atom. The predicted molar refractivity (Wildman–Crippen MR) is 117 cm³/mol. The molecular weight excluding hydrogens is 380 g/mol. The first-order chi connectivity index (χ1) is 14.7. The molecule has 2 N–H and O–H groups in total. The minimum atomic E-state index is -0.112. The predicted octanol–water partition coefficient (Wildman–Crippen LogP) is 5.00. The van der Waals surface area contributed by atoms with Gasteiger partial charge >= 0.3 is 5.97 Å². The van der Waals surface area contributed by atoms with Gasteiger partial charge in [-0.3, -0.25) is 4.79 Å². The van der Waals surface area contributed by atoms with E-state index in [9.17, 15) is 4.79 Å². The third kappa shape index (κ3) is 6.42. The number of nitrogens with zero attached hydrogens (tertiary/aromatic N) is 3. The van der Waals surface area contributed by atoms with Crippen molar-refractivity contribution in [3.8, 4) is 0 Å². The lowest BCUT2D eigenvalue weighted by Gasteiger charge is -2.14. The number of anilines is 1. The van der Waals surface area contributed by atoms with E-state index in [0.29, 0.717) is 18.8 Å². The largest absolute Gasteiger partial charge is 0.463 e. The SMILES string of the molecule is CCCCCCCCCCCC(=O)OCC1CCC(c2ccc3c(N)ncnn23)O1. The molecule has 1 aliphatic heterocycles. The lowest BCUT2D eigenvalue weighted by atomic mass is 10.1. The third-order valence-corrected chi connectivity index (χ3v) is 5.86. The van der Waals surface area contributed by atoms with Crippen molar-refractivity contribution in [1.82, 2.24) is 14.6 Å². The highest BCUT2D eigenvalue weighted by molar-refractivity contribution is 5.69. The second-order valence-electron chi connectivity index (χ2n) is 8.29. The molecule has 3 rings (SSSR count). The number of ether oxygens (including phenoxy) is 2. The molecule has 0 amide bonds. The maximum atomic E-state index is 12.0. The molecule has 2 atom stereocenters. The average Bonchev–Trinajstić information content (AvgIpc) is 3.38. The molecule has 30 heavy (non-hydrogen) atoms. The molecule has 3 heterocycles. The summed E-state index contributed by atoms with van der Waals surface area (Å²) in [6, 6.07) is 3.88. The summed E-state index contributed by atoms with van der Waals surface area (Å²) in [5, 5.41) is 4.28. The molecule has 2 unspecified atom stereocenters. The Labute approximate surface area is 179 Å². The number of hydrogen-bond acceptors (Lipinski definition) is 6. The number of hydrogen-bond donors (Lipinski definition) is 1. The monoisotopic (exact) mass is 416 g/mol. The zero-order valence-electron chi connectivity index (χ0n) is 18.2. The number of aromatic nitrogens is 3. The average molecular weight is 417 g/mol. The van der Waals surface area contributed by atoms with Crippen LogP contribution in [0, 0.1) is 0 Å². The zero-order chi connectivity index (χ0) is 21.2. The van der Waals surface area contributed by atoms with Crippen LogP contribution in [0.1, 0.15) is 95.8 Å². The summed E-state index contributed by atoms with van der Waals surface area (Å²) in [5.41, 5.74) is 7.64. The first kappa shape index (κ1) is 22.5. The van der Waals surface area contributed by atoms with Crippen LogP contribution in [0.4, 0.5) is 5.82 Å². The molecule has 0 saturated carbocycles. The van der Waals surface area contributed by atoms with E-state index >= 15 is 0 Å². The van der Waals surface area contributed by atoms with E-state index in [2.05, 4.69) is 17.0 Å². The third-order valence-electron chi connectivity index (χ3n) is 5.86. The van der Waals surface area contributed by atoms with Gasteiger partial charge in [-0.15, -0.1) is 0 Å². The first-order valence-electron chi connectivity index (χ1n) is 11.6. The van der Waals surface area contributed by atoms with Gasteiger partial charge in [0.1, 0.15) is 24.6 Å². The number of esters is 1. The molecular formula is C23H36N4O3. The van der Waals surface area contributed by atoms with Crippen molar-refractivity contribution >= 4 is 17.3 Å². The van der Waals surface area contributed by atoms with E-state index in [-0.39, 0.29) is 18.2 Å². The van der Waals surface area contributed by atoms with E-state index < -0.39 is 0 Å². The van der Waals surface area contributed by atoms with Crippen LogP contribution in [0.3, 0.4) is 0 Å². The topological polar surface area (TPSA) is 91.7 Å². The number of nitrogen functional groups attached to an aromatic ring is 1. The summed E-state index contributed by atoms with van der Waals surface area (Å²) in [7, 11) is 0. The van der Waals surface area contributed by atoms with Crippen LogP contribution in [-0.4, -0.2) is 33.3 Å². The summed E-state index contributed by atoms with van der Waals surface area (Å²) in [6.07, 6.45) is 14.7. The second kappa shape index (κ2) is 11.9. The van der Waals surface area contributed by atoms with Crippen molar-refractivity contribution in [2.24, 2.45) is 0 Å². The summed E-state index contributed by atoms with van der Waals surface area (Å²) in [4.78, 5) is 16.0. The zero-order valence-corrected chi connectivity index (χ0v) is 18.2. The van der Waals surface area contributed by atoms with Crippen molar-refractivity contribution in [2.75, 3.05) is 12.3 Å². The van der Waals surface area contributed by atoms with Gasteiger partial charge in [-0.2, -0.15) is 5.10 Å². The highest BCUT2D eigenvalue weighted by Gasteiger charge is 2.29. The Kier molecular flexibility index (Phi) is 8.93. The van der Waals surface area contributed by atoms with Gasteiger partial charge in [-0.05, 0) is 31.4 Å². The minimum Gasteiger partial charge on any atom is -0.463 e. The molecule has 1 saturated heterocycles. The van der Waals surface area contributed by atoms with Crippen LogP contribution in [0.25, 0.3) is 5.52 Å². The summed E-state index contributed by atoms with van der Waals surface area (Å²) < 4.78 is 13.3. The molecule has 7 nitrogen and oxygen atoms in total. The second-order valence-corrected chi connectivity index (χ2v) is 8.29. The fraction of sp³-hybridized carbons (Fsp3) is 0.696. The molecule has 0 aliphatic carbocycles. The maximum absolute atomic E-state index is 12.0. The van der Waals surface area contributed by atoms with Gasteiger partial charge in [0.25, 0.3) is 0 Å². The standard InChI is InChI=1S/C23H36N4O3/c1-2-3-4-5-6-7-8-9-10-11-22(28)29-16-18-12-15-21(30-18)19-13-14-20-23(24)25-17-26-27(19)20/h13-14,17-18,21H,2-12,15-16H2,1H3,(H2,24,25,26). The van der Waals surface area contributed by atoms with E-state index in [1.54, 1.807) is 4.52 Å². The Morgan fingerprint density at radius 1 is 1.13 bits per heavy atom. The Morgan fingerprint density at radius 3 is 2.63 bits per heavy atom. The molecule has 0 aromatic carbocycles. The molecule has 166 valence electrons. The minimum absolute atomic E-state index is 0.0631. The molecule has 7 heteroatoms. The van der Waals surface area contributed by atoms with Crippen LogP contribution >= 0.6 is 0 Å². The van der Waals surface area contributed by atoms with Crippen LogP contribution in [0.15, 0.2) is 18.5 Å². The fourth-order valence-corrected chi connectivity index (χ4v) is 4.10. The van der Waals surface area contributed by atoms with Gasteiger partial charge in [0.2, 0.25) is 0 Å². The van der Waals surface area contributed by atoms with Crippen molar-refractivity contribution in [1.29, 1.82) is 0 Å². The van der Waals surface area contributed by atoms with Crippen molar-refractivity contribution in [2.45, 2.75) is 96.2 Å². The van der Waals surface area contributed by atoms with Crippen LogP contribution in [-0.2, 0) is 14.3 Å². The normalized spacial score (nSPS) is 18.8. The van der Waals surface area contributed by atoms with Gasteiger partial charge in [0, 0.05) is 6.42 Å². The first-order valence-corrected chi connectivity index (χ1v) is 11.6. The Balaban J connectivity index is 1.29. The van der Waals surface area contributed by atoms with Gasteiger partial charge in [-0.1, -0.05) is 58.3 Å². The number of unbranched alkanes of at least 4 members (excludes halogenated alkanes) is 8. The van der Waals surface area contributed by atoms with Crippen LogP contribution in [0.2, 0.25) is 0 Å². The van der Waals surface area contributed by atoms with Gasteiger partial charge in [-0.25, -0.2) is 9.50 Å². The molecule has 0 radical (unpaired) electrons. The maximum Gasteiger partial charge on any atom is 0.305 e. The molecule has 2 aromatic heterocycles. The van der Waals surface area contributed by atoms with E-state index in [0.717, 1.165) is 36.9 Å². The number of rotatable bonds is 13. The Hall–Kier alpha value is -2.15. The van der Waals surface area contributed by atoms with Gasteiger partial charge < -0.3 is 15.2 Å². The smallest absolute Gasteiger partial charge is 0.305 e. The lowest BCUT2D eigenvalue weighted by Crippen LogP contribution is -2.18. The Bertz CT molecular complexity index is 792. The number of carbonyl (C=O) groups excluding carboxylic acids is 1. The number of nitrogens with two attached hydrogens (primary N) is 1. The highest BCUT2D eigenvalue weighted by atomic mass is 16.6. The van der Waals surface area contributed by atoms with E-state index in [1.807, 2.05) is 12.1 Å². The molecule has 1 fully saturated rings. The molecule has 0 spiro atoms. The van der Waals surface area contributed by atoms with Gasteiger partial charge in [0.15, 0.2) is 5.82 Å². The van der Waals surface area contributed by atoms with Crippen LogP contribution < -0.4 is 5.73 Å². The molecule has 2 aromatic rings. The number of carbonyl (C=O) groups is 1. The lowest BCUT2D eigenvalue weighted by molar-refractivity contribution is -0.147. The van der Waals surface area contributed by atoms with Crippen molar-refractivity contribution < 1.29 is 14.3 Å². The molecule has 0 bridgehead atoms. The summed E-state index contributed by atoms with van der Waals surface area (Å²) in [6.45, 7) is 2.57. The fourth-order valence-electron chi connectivity index (χ4n) is 4.10. The quantitative estimate of drug-likeness (QED) is 0.365. The van der Waals surface area contributed by atoms with Crippen molar-refractivity contribution in [3.63, 3.8) is 0 Å². The molecule has 1 aliphatic rings.